The Balaban J connectivity index is 2.40. The SMILES string of the molecule is COc1c2c(cc3cc[n+]([O-])cc13)OCO2. The fraction of sp³-hybridized carbons (Fsp3) is 0.182. The third-order valence-electron chi connectivity index (χ3n) is 2.55. The number of hydrogen-bond donors (Lipinski definition) is 0. The molecule has 2 aromatic rings. The molecule has 0 bridgehead atoms. The summed E-state index contributed by atoms with van der Waals surface area (Å²) < 4.78 is 16.6. The van der Waals surface area contributed by atoms with Gasteiger partial charge in [0.05, 0.1) is 12.5 Å². The molecule has 82 valence electrons. The summed E-state index contributed by atoms with van der Waals surface area (Å²) in [6.07, 6.45) is 2.89. The maximum Gasteiger partial charge on any atom is 0.231 e. The third-order valence-corrected chi connectivity index (χ3v) is 2.55. The van der Waals surface area contributed by atoms with Crippen LogP contribution in [0.2, 0.25) is 0 Å². The molecule has 0 fully saturated rings. The molecule has 0 spiro atoms. The Labute approximate surface area is 91.4 Å². The van der Waals surface area contributed by atoms with Gasteiger partial charge in [-0.25, -0.2) is 0 Å². The first-order chi connectivity index (χ1) is 7.79. The van der Waals surface area contributed by atoms with Gasteiger partial charge in [-0.05, 0) is 6.07 Å². The van der Waals surface area contributed by atoms with Gasteiger partial charge < -0.3 is 19.4 Å². The van der Waals surface area contributed by atoms with Crippen molar-refractivity contribution in [3.05, 3.63) is 29.7 Å². The van der Waals surface area contributed by atoms with Crippen LogP contribution in [-0.2, 0) is 0 Å². The number of hydrogen-bond acceptors (Lipinski definition) is 4. The molecule has 5 nitrogen and oxygen atoms in total. The molecule has 5 heteroatoms. The first kappa shape index (κ1) is 9.08. The van der Waals surface area contributed by atoms with E-state index in [9.17, 15) is 5.21 Å². The number of aromatic nitrogens is 1. The predicted octanol–water partition coefficient (Wildman–Crippen LogP) is 1.21. The van der Waals surface area contributed by atoms with Gasteiger partial charge in [0.2, 0.25) is 12.5 Å². The van der Waals surface area contributed by atoms with E-state index in [1.165, 1.54) is 12.4 Å². The number of ether oxygens (including phenoxy) is 3. The zero-order chi connectivity index (χ0) is 11.1. The predicted molar refractivity (Wildman–Crippen MR) is 55.6 cm³/mol. The molecule has 0 atom stereocenters. The number of methoxy groups -OCH3 is 1. The summed E-state index contributed by atoms with van der Waals surface area (Å²) in [7, 11) is 1.54. The largest absolute Gasteiger partial charge is 0.619 e. The Hall–Kier alpha value is -2.17. The zero-order valence-corrected chi connectivity index (χ0v) is 8.60. The minimum Gasteiger partial charge on any atom is -0.619 e. The monoisotopic (exact) mass is 219 g/mol. The lowest BCUT2D eigenvalue weighted by Crippen LogP contribution is -2.23. The van der Waals surface area contributed by atoms with Crippen molar-refractivity contribution in [2.75, 3.05) is 13.9 Å². The van der Waals surface area contributed by atoms with Gasteiger partial charge in [0.25, 0.3) is 0 Å². The van der Waals surface area contributed by atoms with Crippen molar-refractivity contribution >= 4 is 10.8 Å². The number of benzene rings is 1. The minimum atomic E-state index is 0.180. The van der Waals surface area contributed by atoms with Crippen LogP contribution in [0.3, 0.4) is 0 Å². The van der Waals surface area contributed by atoms with Crippen LogP contribution in [0.15, 0.2) is 24.5 Å². The van der Waals surface area contributed by atoms with Gasteiger partial charge in [-0.2, -0.15) is 4.73 Å². The Morgan fingerprint density at radius 2 is 2.31 bits per heavy atom. The van der Waals surface area contributed by atoms with E-state index in [1.54, 1.807) is 13.2 Å². The summed E-state index contributed by atoms with van der Waals surface area (Å²) in [5.41, 5.74) is 0. The average Bonchev–Trinajstić information content (AvgIpc) is 2.73. The summed E-state index contributed by atoms with van der Waals surface area (Å²) in [5.74, 6) is 1.74. The highest BCUT2D eigenvalue weighted by Gasteiger charge is 2.22. The molecule has 1 aliphatic heterocycles. The maximum absolute atomic E-state index is 11.2. The van der Waals surface area contributed by atoms with E-state index in [1.807, 2.05) is 6.07 Å². The van der Waals surface area contributed by atoms with Crippen LogP contribution in [0.1, 0.15) is 0 Å². The van der Waals surface area contributed by atoms with Crippen molar-refractivity contribution in [1.82, 2.24) is 0 Å². The van der Waals surface area contributed by atoms with Crippen molar-refractivity contribution in [1.29, 1.82) is 0 Å². The van der Waals surface area contributed by atoms with Crippen LogP contribution in [-0.4, -0.2) is 13.9 Å². The molecule has 0 aliphatic carbocycles. The lowest BCUT2D eigenvalue weighted by atomic mass is 10.1. The van der Waals surface area contributed by atoms with Crippen molar-refractivity contribution in [3.8, 4) is 17.2 Å². The molecule has 3 rings (SSSR count). The fourth-order valence-electron chi connectivity index (χ4n) is 1.84. The maximum atomic E-state index is 11.2. The highest BCUT2D eigenvalue weighted by molar-refractivity contribution is 5.92. The Morgan fingerprint density at radius 3 is 3.12 bits per heavy atom. The molecular weight excluding hydrogens is 210 g/mol. The Morgan fingerprint density at radius 1 is 1.44 bits per heavy atom. The molecule has 0 N–H and O–H groups in total. The minimum absolute atomic E-state index is 0.180. The van der Waals surface area contributed by atoms with Crippen molar-refractivity contribution in [2.24, 2.45) is 0 Å². The Bertz CT molecular complexity index is 567. The molecule has 2 heterocycles. The van der Waals surface area contributed by atoms with Gasteiger partial charge in [-0.1, -0.05) is 0 Å². The molecule has 1 aliphatic rings. The topological polar surface area (TPSA) is 54.6 Å². The van der Waals surface area contributed by atoms with Gasteiger partial charge in [-0.15, -0.1) is 0 Å². The van der Waals surface area contributed by atoms with E-state index >= 15 is 0 Å². The molecule has 0 unspecified atom stereocenters. The molecule has 0 radical (unpaired) electrons. The van der Waals surface area contributed by atoms with Crippen LogP contribution < -0.4 is 18.9 Å². The highest BCUT2D eigenvalue weighted by atomic mass is 16.7. The lowest BCUT2D eigenvalue weighted by molar-refractivity contribution is -0.603. The molecule has 1 aromatic carbocycles. The smallest absolute Gasteiger partial charge is 0.231 e. The van der Waals surface area contributed by atoms with E-state index in [2.05, 4.69) is 0 Å². The van der Waals surface area contributed by atoms with E-state index in [0.29, 0.717) is 22.6 Å². The second-order valence-corrected chi connectivity index (χ2v) is 3.45. The van der Waals surface area contributed by atoms with Gasteiger partial charge in [0.1, 0.15) is 0 Å². The van der Waals surface area contributed by atoms with Gasteiger partial charge in [-0.3, -0.25) is 0 Å². The fourth-order valence-corrected chi connectivity index (χ4v) is 1.84. The highest BCUT2D eigenvalue weighted by Crippen LogP contribution is 2.45. The average molecular weight is 219 g/mol. The van der Waals surface area contributed by atoms with Gasteiger partial charge >= 0.3 is 0 Å². The molecule has 0 saturated carbocycles. The van der Waals surface area contributed by atoms with Crippen LogP contribution >= 0.6 is 0 Å². The summed E-state index contributed by atoms with van der Waals surface area (Å²) in [6.45, 7) is 0.180. The summed E-state index contributed by atoms with van der Waals surface area (Å²) >= 11 is 0. The molecule has 0 saturated heterocycles. The lowest BCUT2D eigenvalue weighted by Gasteiger charge is -2.08. The summed E-state index contributed by atoms with van der Waals surface area (Å²) in [5, 5.41) is 12.8. The molecule has 0 amide bonds. The third kappa shape index (κ3) is 1.14. The van der Waals surface area contributed by atoms with Crippen LogP contribution in [0, 0.1) is 5.21 Å². The van der Waals surface area contributed by atoms with E-state index in [4.69, 9.17) is 14.2 Å². The van der Waals surface area contributed by atoms with Crippen molar-refractivity contribution in [3.63, 3.8) is 0 Å². The van der Waals surface area contributed by atoms with Crippen LogP contribution in [0.5, 0.6) is 17.2 Å². The quantitative estimate of drug-likeness (QED) is 0.534. The second-order valence-electron chi connectivity index (χ2n) is 3.45. The molecule has 16 heavy (non-hydrogen) atoms. The number of rotatable bonds is 1. The van der Waals surface area contributed by atoms with Crippen molar-refractivity contribution < 1.29 is 18.9 Å². The van der Waals surface area contributed by atoms with E-state index in [-0.39, 0.29) is 6.79 Å². The van der Waals surface area contributed by atoms with Crippen LogP contribution in [0.25, 0.3) is 10.8 Å². The normalized spacial score (nSPS) is 13.1. The van der Waals surface area contributed by atoms with Gasteiger partial charge in [0, 0.05) is 11.5 Å². The number of pyridine rings is 1. The summed E-state index contributed by atoms with van der Waals surface area (Å²) in [4.78, 5) is 0. The molecule has 1 aromatic heterocycles. The van der Waals surface area contributed by atoms with E-state index in [0.717, 1.165) is 10.1 Å². The summed E-state index contributed by atoms with van der Waals surface area (Å²) in [6, 6.07) is 3.55. The molecular formula is C11H9NO4. The zero-order valence-electron chi connectivity index (χ0n) is 8.60. The second kappa shape index (κ2) is 3.16. The first-order valence-electron chi connectivity index (χ1n) is 4.78. The van der Waals surface area contributed by atoms with E-state index < -0.39 is 0 Å². The number of fused-ring (bicyclic) bond motifs is 2. The van der Waals surface area contributed by atoms with Crippen LogP contribution in [0.4, 0.5) is 0 Å². The first-order valence-corrected chi connectivity index (χ1v) is 4.78. The Kier molecular flexibility index (Phi) is 1.80. The van der Waals surface area contributed by atoms with Gasteiger partial charge in [0.15, 0.2) is 23.9 Å². The standard InChI is InChI=1S/C11H9NO4/c1-14-10-8-5-12(13)3-2-7(8)4-9-11(10)16-6-15-9/h2-5H,6H2,1H3. The van der Waals surface area contributed by atoms with Crippen molar-refractivity contribution in [2.45, 2.75) is 0 Å². The number of nitrogens with zero attached hydrogens (tertiary/aromatic N) is 1.